The summed E-state index contributed by atoms with van der Waals surface area (Å²) in [5.74, 6) is -0.505. The third kappa shape index (κ3) is 2.81. The van der Waals surface area contributed by atoms with Gasteiger partial charge in [0, 0.05) is 0 Å². The third-order valence-electron chi connectivity index (χ3n) is 6.11. The number of aliphatic hydroxyl groups is 2. The Labute approximate surface area is 164 Å². The second-order valence-electron chi connectivity index (χ2n) is 7.78. The summed E-state index contributed by atoms with van der Waals surface area (Å²) >= 11 is 0. The normalized spacial score (nSPS) is 24.5. The molecule has 0 aliphatic carbocycles. The molecule has 1 aliphatic heterocycles. The van der Waals surface area contributed by atoms with Crippen LogP contribution < -0.4 is 5.32 Å². The molecule has 1 fully saturated rings. The minimum atomic E-state index is -0.831. The van der Waals surface area contributed by atoms with Crippen molar-refractivity contribution in [2.45, 2.75) is 37.7 Å². The number of hydrogen-bond donors (Lipinski definition) is 3. The van der Waals surface area contributed by atoms with Crippen LogP contribution in [0, 0.1) is 6.92 Å². The quantitative estimate of drug-likeness (QED) is 0.238. The van der Waals surface area contributed by atoms with Gasteiger partial charge in [0.2, 0.25) is 0 Å². The largest absolute Gasteiger partial charge is 0.395 e. The summed E-state index contributed by atoms with van der Waals surface area (Å²) in [6, 6.07) is 16.8. The van der Waals surface area contributed by atoms with Gasteiger partial charge in [-0.2, -0.15) is 0 Å². The predicted molar refractivity (Wildman–Crippen MR) is 113 cm³/mol. The molecule has 4 nitrogen and oxygen atoms in total. The molecule has 29 heavy (non-hydrogen) atoms. The average molecular weight is 638 g/mol. The fraction of sp³-hybridized carbons (Fsp3) is 0.304. The van der Waals surface area contributed by atoms with Crippen molar-refractivity contribution in [1.82, 2.24) is 5.32 Å². The summed E-state index contributed by atoms with van der Waals surface area (Å²) in [5, 5.41) is 30.1. The van der Waals surface area contributed by atoms with Crippen LogP contribution in [-0.4, -0.2) is 48.9 Å². The number of aliphatic hydroxyl groups excluding tert-OH is 2. The van der Waals surface area contributed by atoms with Gasteiger partial charge in [-0.25, -0.2) is 0 Å². The Morgan fingerprint density at radius 2 is 1.59 bits per heavy atom. The minimum Gasteiger partial charge on any atom is -0.395 e. The van der Waals surface area contributed by atoms with Crippen molar-refractivity contribution in [2.75, 3.05) is 6.61 Å². The molecule has 142 valence electrons. The van der Waals surface area contributed by atoms with Crippen LogP contribution in [0.1, 0.15) is 11.1 Å². The van der Waals surface area contributed by atoms with Gasteiger partial charge in [0.1, 0.15) is 0 Å². The van der Waals surface area contributed by atoms with E-state index >= 15 is 0 Å². The van der Waals surface area contributed by atoms with Gasteiger partial charge in [0.05, 0.1) is 39.3 Å². The van der Waals surface area contributed by atoms with Crippen molar-refractivity contribution < 1.29 is 14.9 Å². The monoisotopic (exact) mass is 638 g/mol. The number of benzene rings is 4. The molecule has 4 atom stereocenters. The topological polar surface area (TPSA) is 61.7 Å². The molecule has 6 heteroatoms. The Hall–Kier alpha value is -3.18. The molecule has 0 spiro atoms. The van der Waals surface area contributed by atoms with Gasteiger partial charge in [0.15, 0.2) is 0 Å². The molecule has 0 amide bonds. The molecule has 3 N–H and O–H groups in total. The smallest absolute Gasteiger partial charge is 0.0984 e. The van der Waals surface area contributed by atoms with Crippen LogP contribution in [0.4, 0.5) is 0 Å². The zero-order chi connectivity index (χ0) is 19.4. The molecule has 1 heterocycles. The molecule has 0 bridgehead atoms. The van der Waals surface area contributed by atoms with Crippen molar-refractivity contribution in [3.05, 3.63) is 59.7 Å². The summed E-state index contributed by atoms with van der Waals surface area (Å²) in [6.07, 6.45) is -1.39. The van der Waals surface area contributed by atoms with E-state index < -0.39 is 24.2 Å². The average Bonchev–Trinajstić information content (AvgIpc) is 2.99. The van der Waals surface area contributed by atoms with E-state index in [1.54, 1.807) is 0 Å². The second-order valence-corrected chi connectivity index (χ2v) is 7.78. The second kappa shape index (κ2) is 7.01. The van der Waals surface area contributed by atoms with E-state index in [1.165, 1.54) is 32.5 Å². The summed E-state index contributed by atoms with van der Waals surface area (Å²) in [7, 11) is 6.04. The SMILES string of the molecule is [B]C1NC(CO)C(O)C1OCc1ccc2ccc3ccc(C)c4ccc1c2c34.[Rf]. The van der Waals surface area contributed by atoms with Crippen LogP contribution in [0.3, 0.4) is 0 Å². The van der Waals surface area contributed by atoms with E-state index in [0.29, 0.717) is 6.61 Å². The zero-order valence-corrected chi connectivity index (χ0v) is 22.8. The van der Waals surface area contributed by atoms with Crippen LogP contribution in [-0.2, 0) is 11.3 Å². The van der Waals surface area contributed by atoms with Crippen LogP contribution >= 0.6 is 0 Å². The van der Waals surface area contributed by atoms with Gasteiger partial charge in [-0.15, -0.1) is 0 Å². The minimum absolute atomic E-state index is 0. The van der Waals surface area contributed by atoms with Gasteiger partial charge in [-0.1, -0.05) is 48.5 Å². The molecule has 5 rings (SSSR count). The summed E-state index contributed by atoms with van der Waals surface area (Å²) in [6.45, 7) is 2.32. The van der Waals surface area contributed by atoms with Crippen LogP contribution in [0.2, 0.25) is 0 Å². The summed E-state index contributed by atoms with van der Waals surface area (Å²) < 4.78 is 6.01. The first-order valence-corrected chi connectivity index (χ1v) is 9.66. The van der Waals surface area contributed by atoms with E-state index in [2.05, 4.69) is 60.8 Å². The molecular weight excluding hydrogens is 616 g/mol. The Bertz CT molecular complexity index is 1170. The first-order valence-electron chi connectivity index (χ1n) is 9.66. The van der Waals surface area contributed by atoms with E-state index in [0.717, 1.165) is 10.9 Å². The number of ether oxygens (including phenoxy) is 1. The molecule has 4 aromatic carbocycles. The van der Waals surface area contributed by atoms with E-state index in [4.69, 9.17) is 12.6 Å². The van der Waals surface area contributed by atoms with E-state index in [1.807, 2.05) is 0 Å². The maximum absolute atomic E-state index is 10.3. The molecule has 1 saturated heterocycles. The van der Waals surface area contributed by atoms with Gasteiger partial charge < -0.3 is 20.3 Å². The molecular formula is C23H22BNO3Rf. The van der Waals surface area contributed by atoms with E-state index in [9.17, 15) is 10.2 Å². The van der Waals surface area contributed by atoms with Crippen molar-refractivity contribution in [1.29, 1.82) is 0 Å². The Kier molecular flexibility index (Phi) is 4.63. The summed E-state index contributed by atoms with van der Waals surface area (Å²) in [5.41, 5.74) is 2.33. The fourth-order valence-corrected chi connectivity index (χ4v) is 4.56. The molecule has 0 saturated carbocycles. The molecule has 0 aromatic heterocycles. The van der Waals surface area contributed by atoms with Crippen molar-refractivity contribution >= 4 is 40.2 Å². The Morgan fingerprint density at radius 1 is 0.966 bits per heavy atom. The van der Waals surface area contributed by atoms with Gasteiger partial charge >= 0.3 is 0 Å². The first-order chi connectivity index (χ1) is 13.6. The maximum Gasteiger partial charge on any atom is 0.0984 e. The van der Waals surface area contributed by atoms with Crippen LogP contribution in [0.25, 0.3) is 32.3 Å². The Balaban J connectivity index is 0.00000205. The predicted octanol–water partition coefficient (Wildman–Crippen LogP) is 2.60. The van der Waals surface area contributed by atoms with Crippen molar-refractivity contribution in [2.24, 2.45) is 0 Å². The van der Waals surface area contributed by atoms with Crippen molar-refractivity contribution in [3.63, 3.8) is 0 Å². The van der Waals surface area contributed by atoms with E-state index in [-0.39, 0.29) is 6.61 Å². The number of nitrogens with one attached hydrogen (secondary N) is 1. The maximum atomic E-state index is 10.3. The standard InChI is InChI=1S/C23H22BNO3.Rf/c1-12-2-3-13-4-5-14-6-7-15(17-9-8-16(12)19(13)20(14)17)11-28-22-21(27)18(10-26)25-23(22)24;/h2-9,18,21-23,25-27H,10-11H2,1H3;. The van der Waals surface area contributed by atoms with Crippen LogP contribution in [0.5, 0.6) is 0 Å². The van der Waals surface area contributed by atoms with Crippen LogP contribution in [0.15, 0.2) is 48.5 Å². The number of hydrogen-bond acceptors (Lipinski definition) is 4. The third-order valence-corrected chi connectivity index (χ3v) is 6.11. The van der Waals surface area contributed by atoms with Crippen molar-refractivity contribution in [3.8, 4) is 0 Å². The molecule has 1 aliphatic rings. The first kappa shape index (κ1) is 19.2. The summed E-state index contributed by atoms with van der Waals surface area (Å²) in [4.78, 5) is 0. The molecule has 2 radical (unpaired) electrons. The zero-order valence-electron chi connectivity index (χ0n) is 16.4. The molecule has 4 unspecified atom stereocenters. The van der Waals surface area contributed by atoms with Gasteiger partial charge in [-0.3, -0.25) is 0 Å². The van der Waals surface area contributed by atoms with Gasteiger partial charge in [-0.05, 0) is 56.3 Å². The number of rotatable bonds is 4. The fourth-order valence-electron chi connectivity index (χ4n) is 4.56. The number of aryl methyl sites for hydroxylation is 1. The molecule has 4 aromatic rings. The Morgan fingerprint density at radius 3 is 2.28 bits per heavy atom. The van der Waals surface area contributed by atoms with Gasteiger partial charge in [0.25, 0.3) is 0 Å².